The molecule has 1 nitrogen and oxygen atoms in total. The van der Waals surface area contributed by atoms with Crippen LogP contribution in [0.2, 0.25) is 0 Å². The topological polar surface area (TPSA) is 17.1 Å². The average molecular weight is 171 g/mol. The third-order valence-corrected chi connectivity index (χ3v) is 1.95. The zero-order valence-electron chi connectivity index (χ0n) is 6.35. The summed E-state index contributed by atoms with van der Waals surface area (Å²) in [7, 11) is 0. The highest BCUT2D eigenvalue weighted by atomic mass is 35.5. The minimum atomic E-state index is -0.0144. The number of hydrogen-bond donors (Lipinski definition) is 0. The Morgan fingerprint density at radius 1 is 1.73 bits per heavy atom. The van der Waals surface area contributed by atoms with Crippen LogP contribution in [0.25, 0.3) is 0 Å². The van der Waals surface area contributed by atoms with E-state index in [1.807, 2.05) is 6.08 Å². The molecule has 0 unspecified atom stereocenters. The summed E-state index contributed by atoms with van der Waals surface area (Å²) >= 11 is 5.32. The molecule has 0 spiro atoms. The minimum Gasteiger partial charge on any atom is -0.294 e. The molecular weight excluding hydrogens is 160 g/mol. The van der Waals surface area contributed by atoms with Gasteiger partial charge in [-0.15, -0.1) is 11.6 Å². The molecule has 0 bridgehead atoms. The van der Waals surface area contributed by atoms with Crippen molar-refractivity contribution in [1.82, 2.24) is 0 Å². The van der Waals surface area contributed by atoms with Crippen LogP contribution >= 0.6 is 11.6 Å². The Morgan fingerprint density at radius 3 is 3.09 bits per heavy atom. The zero-order valence-corrected chi connectivity index (χ0v) is 7.10. The summed E-state index contributed by atoms with van der Waals surface area (Å²) < 4.78 is 0. The van der Waals surface area contributed by atoms with Crippen molar-refractivity contribution in [1.29, 1.82) is 0 Å². The summed E-state index contributed by atoms with van der Waals surface area (Å²) in [6.45, 7) is 0. The second kappa shape index (κ2) is 4.35. The Labute approximate surface area is 71.7 Å². The SMILES string of the molecule is O=C(/C=C/C1=CCCC1)CCl. The molecule has 1 aliphatic rings. The van der Waals surface area contributed by atoms with E-state index in [1.165, 1.54) is 12.0 Å². The van der Waals surface area contributed by atoms with Crippen LogP contribution in [0.5, 0.6) is 0 Å². The summed E-state index contributed by atoms with van der Waals surface area (Å²) in [5.41, 5.74) is 1.27. The predicted octanol–water partition coefficient (Wildman–Crippen LogP) is 2.46. The van der Waals surface area contributed by atoms with Crippen molar-refractivity contribution in [2.45, 2.75) is 19.3 Å². The molecule has 0 saturated carbocycles. The monoisotopic (exact) mass is 170 g/mol. The summed E-state index contributed by atoms with van der Waals surface area (Å²) in [5.74, 6) is 0.0727. The van der Waals surface area contributed by atoms with E-state index in [0.717, 1.165) is 12.8 Å². The van der Waals surface area contributed by atoms with Gasteiger partial charge in [-0.1, -0.05) is 17.7 Å². The molecule has 0 aromatic heterocycles. The van der Waals surface area contributed by atoms with Crippen molar-refractivity contribution in [3.8, 4) is 0 Å². The molecule has 0 aliphatic heterocycles. The number of allylic oxidation sites excluding steroid dienone is 4. The molecular formula is C9H11ClO. The number of carbonyl (C=O) groups excluding carboxylic acids is 1. The molecule has 0 N–H and O–H groups in total. The van der Waals surface area contributed by atoms with Gasteiger partial charge in [0, 0.05) is 0 Å². The molecule has 0 amide bonds. The van der Waals surface area contributed by atoms with E-state index in [0.29, 0.717) is 0 Å². The fourth-order valence-electron chi connectivity index (χ4n) is 1.09. The Hall–Kier alpha value is -0.560. The van der Waals surface area contributed by atoms with E-state index in [-0.39, 0.29) is 11.7 Å². The summed E-state index contributed by atoms with van der Waals surface area (Å²) in [5, 5.41) is 0. The first-order valence-electron chi connectivity index (χ1n) is 3.79. The van der Waals surface area contributed by atoms with Crippen LogP contribution in [0.3, 0.4) is 0 Å². The Balaban J connectivity index is 2.40. The van der Waals surface area contributed by atoms with Crippen LogP contribution < -0.4 is 0 Å². The second-order valence-electron chi connectivity index (χ2n) is 2.60. The lowest BCUT2D eigenvalue weighted by Crippen LogP contribution is -1.91. The molecule has 2 heteroatoms. The molecule has 0 heterocycles. The summed E-state index contributed by atoms with van der Waals surface area (Å²) in [4.78, 5) is 10.7. The fourth-order valence-corrected chi connectivity index (χ4v) is 1.18. The molecule has 0 aromatic rings. The molecule has 60 valence electrons. The summed E-state index contributed by atoms with van der Waals surface area (Å²) in [6.07, 6.45) is 9.06. The molecule has 0 saturated heterocycles. The van der Waals surface area contributed by atoms with Gasteiger partial charge in [-0.25, -0.2) is 0 Å². The van der Waals surface area contributed by atoms with Gasteiger partial charge in [0.15, 0.2) is 5.78 Å². The van der Waals surface area contributed by atoms with E-state index >= 15 is 0 Å². The quantitative estimate of drug-likeness (QED) is 0.470. The highest BCUT2D eigenvalue weighted by molar-refractivity contribution is 6.29. The van der Waals surface area contributed by atoms with Gasteiger partial charge in [-0.3, -0.25) is 4.79 Å². The van der Waals surface area contributed by atoms with Gasteiger partial charge in [-0.2, -0.15) is 0 Å². The highest BCUT2D eigenvalue weighted by Crippen LogP contribution is 2.18. The molecule has 1 rings (SSSR count). The standard InChI is InChI=1S/C9H11ClO/c10-7-9(11)6-5-8-3-1-2-4-8/h3,5-6H,1-2,4,7H2/b6-5+. The lowest BCUT2D eigenvalue weighted by atomic mass is 10.2. The van der Waals surface area contributed by atoms with Crippen LogP contribution in [0, 0.1) is 0 Å². The van der Waals surface area contributed by atoms with Gasteiger partial charge in [0.25, 0.3) is 0 Å². The molecule has 0 aromatic carbocycles. The van der Waals surface area contributed by atoms with Gasteiger partial charge in [0.1, 0.15) is 0 Å². The van der Waals surface area contributed by atoms with Crippen LogP contribution in [-0.4, -0.2) is 11.7 Å². The third kappa shape index (κ3) is 2.89. The normalized spacial score (nSPS) is 17.4. The average Bonchev–Trinajstić information content (AvgIpc) is 2.52. The number of halogens is 1. The number of hydrogen-bond acceptors (Lipinski definition) is 1. The molecule has 0 fully saturated rings. The summed E-state index contributed by atoms with van der Waals surface area (Å²) in [6, 6.07) is 0. The van der Waals surface area contributed by atoms with Gasteiger partial charge < -0.3 is 0 Å². The van der Waals surface area contributed by atoms with Crippen molar-refractivity contribution in [3.63, 3.8) is 0 Å². The smallest absolute Gasteiger partial charge is 0.170 e. The maximum atomic E-state index is 10.7. The van der Waals surface area contributed by atoms with E-state index in [2.05, 4.69) is 6.08 Å². The van der Waals surface area contributed by atoms with E-state index in [1.54, 1.807) is 6.08 Å². The van der Waals surface area contributed by atoms with Crippen LogP contribution in [-0.2, 0) is 4.79 Å². The Kier molecular flexibility index (Phi) is 3.37. The molecule has 0 atom stereocenters. The third-order valence-electron chi connectivity index (χ3n) is 1.69. The maximum absolute atomic E-state index is 10.7. The number of ketones is 1. The first kappa shape index (κ1) is 8.54. The lowest BCUT2D eigenvalue weighted by Gasteiger charge is -1.88. The molecule has 11 heavy (non-hydrogen) atoms. The molecule has 1 aliphatic carbocycles. The number of carbonyl (C=O) groups is 1. The van der Waals surface area contributed by atoms with E-state index in [4.69, 9.17) is 11.6 Å². The van der Waals surface area contributed by atoms with E-state index < -0.39 is 0 Å². The lowest BCUT2D eigenvalue weighted by molar-refractivity contribution is -0.112. The number of rotatable bonds is 3. The van der Waals surface area contributed by atoms with Gasteiger partial charge >= 0.3 is 0 Å². The van der Waals surface area contributed by atoms with E-state index in [9.17, 15) is 4.79 Å². The van der Waals surface area contributed by atoms with Crippen molar-refractivity contribution in [2.24, 2.45) is 0 Å². The van der Waals surface area contributed by atoms with Gasteiger partial charge in [-0.05, 0) is 25.3 Å². The predicted molar refractivity (Wildman–Crippen MR) is 46.8 cm³/mol. The number of alkyl halides is 1. The first-order chi connectivity index (χ1) is 5.33. The second-order valence-corrected chi connectivity index (χ2v) is 2.87. The van der Waals surface area contributed by atoms with Gasteiger partial charge in [0.05, 0.1) is 5.88 Å². The van der Waals surface area contributed by atoms with Gasteiger partial charge in [0.2, 0.25) is 0 Å². The zero-order chi connectivity index (χ0) is 8.10. The minimum absolute atomic E-state index is 0.0144. The largest absolute Gasteiger partial charge is 0.294 e. The van der Waals surface area contributed by atoms with Crippen molar-refractivity contribution >= 4 is 17.4 Å². The van der Waals surface area contributed by atoms with Crippen LogP contribution in [0.15, 0.2) is 23.8 Å². The Morgan fingerprint density at radius 2 is 2.55 bits per heavy atom. The van der Waals surface area contributed by atoms with Crippen molar-refractivity contribution in [2.75, 3.05) is 5.88 Å². The maximum Gasteiger partial charge on any atom is 0.170 e. The molecule has 0 radical (unpaired) electrons. The Bertz CT molecular complexity index is 204. The van der Waals surface area contributed by atoms with Crippen molar-refractivity contribution < 1.29 is 4.79 Å². The van der Waals surface area contributed by atoms with Crippen molar-refractivity contribution in [3.05, 3.63) is 23.8 Å². The van der Waals surface area contributed by atoms with Crippen LogP contribution in [0.4, 0.5) is 0 Å². The first-order valence-corrected chi connectivity index (χ1v) is 4.32. The van der Waals surface area contributed by atoms with Crippen LogP contribution in [0.1, 0.15) is 19.3 Å². The fraction of sp³-hybridized carbons (Fsp3) is 0.444. The highest BCUT2D eigenvalue weighted by Gasteiger charge is 2.00.